The molecule has 2 aromatic rings. The fraction of sp³-hybridized carbons (Fsp3) is 0.235. The van der Waals surface area contributed by atoms with Gasteiger partial charge in [-0.1, -0.05) is 6.07 Å². The Morgan fingerprint density at radius 3 is 2.68 bits per heavy atom. The highest BCUT2D eigenvalue weighted by molar-refractivity contribution is 5.95. The highest BCUT2D eigenvalue weighted by Gasteiger charge is 2.19. The molecule has 0 saturated heterocycles. The maximum Gasteiger partial charge on any atom is 0.293 e. The van der Waals surface area contributed by atoms with Crippen molar-refractivity contribution < 1.29 is 19.2 Å². The van der Waals surface area contributed by atoms with E-state index in [2.05, 4.69) is 5.32 Å². The van der Waals surface area contributed by atoms with Gasteiger partial charge in [0.15, 0.2) is 11.5 Å². The molecule has 3 rings (SSSR count). The zero-order valence-corrected chi connectivity index (χ0v) is 13.8. The summed E-state index contributed by atoms with van der Waals surface area (Å²) in [6, 6.07) is 9.81. The summed E-state index contributed by atoms with van der Waals surface area (Å²) in [6.45, 7) is 0.464. The van der Waals surface area contributed by atoms with Gasteiger partial charge in [0.05, 0.1) is 4.92 Å². The van der Waals surface area contributed by atoms with E-state index in [1.165, 1.54) is 6.07 Å². The van der Waals surface area contributed by atoms with Crippen LogP contribution in [0.4, 0.5) is 11.4 Å². The quantitative estimate of drug-likeness (QED) is 0.661. The predicted molar refractivity (Wildman–Crippen MR) is 91.2 cm³/mol. The first kappa shape index (κ1) is 16.6. The van der Waals surface area contributed by atoms with E-state index in [1.807, 2.05) is 6.07 Å². The third kappa shape index (κ3) is 3.47. The van der Waals surface area contributed by atoms with Crippen LogP contribution in [0.1, 0.15) is 15.9 Å². The lowest BCUT2D eigenvalue weighted by Crippen LogP contribution is -2.23. The Kier molecular flexibility index (Phi) is 4.42. The number of rotatable bonds is 5. The fourth-order valence-electron chi connectivity index (χ4n) is 2.52. The molecule has 130 valence electrons. The van der Waals surface area contributed by atoms with E-state index in [0.717, 1.165) is 5.56 Å². The number of hydrogen-bond acceptors (Lipinski definition) is 6. The number of carbonyl (C=O) groups is 1. The molecule has 0 radical (unpaired) electrons. The van der Waals surface area contributed by atoms with Crippen molar-refractivity contribution in [3.8, 4) is 11.5 Å². The Bertz CT molecular complexity index is 835. The van der Waals surface area contributed by atoms with Crippen LogP contribution in [0.3, 0.4) is 0 Å². The van der Waals surface area contributed by atoms with Crippen LogP contribution in [0.5, 0.6) is 11.5 Å². The van der Waals surface area contributed by atoms with Crippen molar-refractivity contribution in [2.75, 3.05) is 25.8 Å². The molecule has 0 saturated carbocycles. The molecule has 0 unspecified atom stereocenters. The monoisotopic (exact) mass is 343 g/mol. The molecule has 8 nitrogen and oxygen atoms in total. The molecule has 0 aliphatic carbocycles. The van der Waals surface area contributed by atoms with Crippen molar-refractivity contribution >= 4 is 17.3 Å². The van der Waals surface area contributed by atoms with Crippen molar-refractivity contribution in [1.29, 1.82) is 0 Å². The third-order valence-electron chi connectivity index (χ3n) is 3.81. The number of nitrogens with zero attached hydrogens (tertiary/aromatic N) is 2. The summed E-state index contributed by atoms with van der Waals surface area (Å²) >= 11 is 0. The SMILES string of the molecule is CN(C)c1ccc(C(=O)NCc2ccc3c(c2)OCO3)cc1[N+](=O)[O-]. The van der Waals surface area contributed by atoms with E-state index < -0.39 is 4.92 Å². The molecule has 25 heavy (non-hydrogen) atoms. The normalized spacial score (nSPS) is 11.9. The predicted octanol–water partition coefficient (Wildman–Crippen LogP) is 2.32. The summed E-state index contributed by atoms with van der Waals surface area (Å²) in [4.78, 5) is 24.6. The van der Waals surface area contributed by atoms with Crippen molar-refractivity contribution in [2.45, 2.75) is 6.54 Å². The van der Waals surface area contributed by atoms with Crippen LogP contribution in [0, 0.1) is 10.1 Å². The number of nitro groups is 1. The van der Waals surface area contributed by atoms with E-state index in [0.29, 0.717) is 17.2 Å². The number of carbonyl (C=O) groups excluding carboxylic acids is 1. The van der Waals surface area contributed by atoms with Crippen LogP contribution in [-0.4, -0.2) is 31.7 Å². The minimum absolute atomic E-state index is 0.110. The molecule has 1 heterocycles. The Labute approximate surface area is 144 Å². The molecule has 8 heteroatoms. The Hall–Kier alpha value is -3.29. The number of nitro benzene ring substituents is 1. The Balaban J connectivity index is 1.73. The maximum absolute atomic E-state index is 12.3. The van der Waals surface area contributed by atoms with E-state index in [-0.39, 0.29) is 30.5 Å². The van der Waals surface area contributed by atoms with Crippen LogP contribution in [-0.2, 0) is 6.54 Å². The van der Waals surface area contributed by atoms with Crippen molar-refractivity contribution in [3.05, 3.63) is 57.6 Å². The first-order chi connectivity index (χ1) is 12.0. The van der Waals surface area contributed by atoms with Gasteiger partial charge >= 0.3 is 0 Å². The van der Waals surface area contributed by atoms with E-state index >= 15 is 0 Å². The van der Waals surface area contributed by atoms with Crippen LogP contribution < -0.4 is 19.7 Å². The number of fused-ring (bicyclic) bond motifs is 1. The number of hydrogen-bond donors (Lipinski definition) is 1. The minimum Gasteiger partial charge on any atom is -0.454 e. The lowest BCUT2D eigenvalue weighted by atomic mass is 10.1. The molecule has 0 fully saturated rings. The Morgan fingerprint density at radius 2 is 1.96 bits per heavy atom. The molecule has 1 amide bonds. The molecule has 0 spiro atoms. The lowest BCUT2D eigenvalue weighted by Gasteiger charge is -2.13. The van der Waals surface area contributed by atoms with Gasteiger partial charge in [-0.15, -0.1) is 0 Å². The smallest absolute Gasteiger partial charge is 0.293 e. The zero-order chi connectivity index (χ0) is 18.0. The van der Waals surface area contributed by atoms with Gasteiger partial charge in [0.2, 0.25) is 6.79 Å². The van der Waals surface area contributed by atoms with Crippen molar-refractivity contribution in [1.82, 2.24) is 5.32 Å². The molecular formula is C17H17N3O5. The largest absolute Gasteiger partial charge is 0.454 e. The van der Waals surface area contributed by atoms with E-state index in [4.69, 9.17) is 9.47 Å². The molecule has 0 aromatic heterocycles. The maximum atomic E-state index is 12.3. The first-order valence-electron chi connectivity index (χ1n) is 7.58. The van der Waals surface area contributed by atoms with Crippen molar-refractivity contribution in [3.63, 3.8) is 0 Å². The second-order valence-corrected chi connectivity index (χ2v) is 5.73. The van der Waals surface area contributed by atoms with Crippen LogP contribution in [0.2, 0.25) is 0 Å². The Morgan fingerprint density at radius 1 is 1.20 bits per heavy atom. The second-order valence-electron chi connectivity index (χ2n) is 5.73. The molecular weight excluding hydrogens is 326 g/mol. The third-order valence-corrected chi connectivity index (χ3v) is 3.81. The summed E-state index contributed by atoms with van der Waals surface area (Å²) in [6.07, 6.45) is 0. The molecule has 2 aromatic carbocycles. The fourth-order valence-corrected chi connectivity index (χ4v) is 2.52. The minimum atomic E-state index is -0.496. The van der Waals surface area contributed by atoms with Crippen LogP contribution >= 0.6 is 0 Å². The molecule has 1 aliphatic heterocycles. The van der Waals surface area contributed by atoms with Gasteiger partial charge in [-0.2, -0.15) is 0 Å². The summed E-state index contributed by atoms with van der Waals surface area (Å²) in [5.74, 6) is 0.925. The summed E-state index contributed by atoms with van der Waals surface area (Å²) < 4.78 is 10.5. The van der Waals surface area contributed by atoms with Gasteiger partial charge in [0.25, 0.3) is 11.6 Å². The summed E-state index contributed by atoms with van der Waals surface area (Å²) in [7, 11) is 3.42. The van der Waals surface area contributed by atoms with Crippen LogP contribution in [0.15, 0.2) is 36.4 Å². The molecule has 0 bridgehead atoms. The standard InChI is InChI=1S/C17H17N3O5/c1-19(2)13-5-4-12(8-14(13)20(22)23)17(21)18-9-11-3-6-15-16(7-11)25-10-24-15/h3-8H,9-10H2,1-2H3,(H,18,21). The number of nitrogens with one attached hydrogen (secondary N) is 1. The highest BCUT2D eigenvalue weighted by Crippen LogP contribution is 2.32. The lowest BCUT2D eigenvalue weighted by molar-refractivity contribution is -0.384. The summed E-state index contributed by atoms with van der Waals surface area (Å²) in [5.41, 5.74) is 1.41. The van der Waals surface area contributed by atoms with E-state index in [1.54, 1.807) is 43.3 Å². The number of amides is 1. The van der Waals surface area contributed by atoms with Crippen LogP contribution in [0.25, 0.3) is 0 Å². The second kappa shape index (κ2) is 6.68. The van der Waals surface area contributed by atoms with Gasteiger partial charge in [-0.25, -0.2) is 0 Å². The number of benzene rings is 2. The summed E-state index contributed by atoms with van der Waals surface area (Å²) in [5, 5.41) is 14.0. The molecule has 1 N–H and O–H groups in total. The van der Waals surface area contributed by atoms with Gasteiger partial charge in [-0.3, -0.25) is 14.9 Å². The molecule has 1 aliphatic rings. The first-order valence-corrected chi connectivity index (χ1v) is 7.58. The topological polar surface area (TPSA) is 93.9 Å². The van der Waals surface area contributed by atoms with Gasteiger partial charge < -0.3 is 19.7 Å². The van der Waals surface area contributed by atoms with Crippen molar-refractivity contribution in [2.24, 2.45) is 0 Å². The average Bonchev–Trinajstić information content (AvgIpc) is 3.06. The average molecular weight is 343 g/mol. The zero-order valence-electron chi connectivity index (χ0n) is 13.8. The van der Waals surface area contributed by atoms with E-state index in [9.17, 15) is 14.9 Å². The number of ether oxygens (including phenoxy) is 2. The van der Waals surface area contributed by atoms with Gasteiger partial charge in [-0.05, 0) is 29.8 Å². The van der Waals surface area contributed by atoms with Gasteiger partial charge in [0.1, 0.15) is 5.69 Å². The number of anilines is 1. The highest BCUT2D eigenvalue weighted by atomic mass is 16.7. The van der Waals surface area contributed by atoms with Gasteiger partial charge in [0, 0.05) is 32.3 Å². The molecule has 0 atom stereocenters.